The van der Waals surface area contributed by atoms with Crippen LogP contribution in [0.25, 0.3) is 0 Å². The third-order valence-electron chi connectivity index (χ3n) is 3.21. The molecule has 0 aliphatic heterocycles. The van der Waals surface area contributed by atoms with Gasteiger partial charge in [-0.05, 0) is 19.5 Å². The standard InChI is InChI=1S/C12H26N2O2/c1-5-10(6-2)8-14(7-3)9-11(13-4)12(15)16/h10-11,13H,5-9H2,1-4H3,(H,15,16). The fraction of sp³-hybridized carbons (Fsp3) is 0.917. The average Bonchev–Trinajstić information content (AvgIpc) is 2.29. The number of nitrogens with zero attached hydrogens (tertiary/aromatic N) is 1. The number of carbonyl (C=O) groups is 1. The Balaban J connectivity index is 4.21. The molecule has 1 unspecified atom stereocenters. The number of carboxylic acid groups (broad SMARTS) is 1. The lowest BCUT2D eigenvalue weighted by Gasteiger charge is -2.27. The van der Waals surface area contributed by atoms with E-state index in [4.69, 9.17) is 5.11 Å². The largest absolute Gasteiger partial charge is 0.480 e. The van der Waals surface area contributed by atoms with Crippen LogP contribution in [0.1, 0.15) is 33.6 Å². The van der Waals surface area contributed by atoms with Crippen LogP contribution in [-0.4, -0.2) is 48.7 Å². The molecule has 96 valence electrons. The van der Waals surface area contributed by atoms with Gasteiger partial charge in [0.1, 0.15) is 6.04 Å². The third kappa shape index (κ3) is 5.47. The summed E-state index contributed by atoms with van der Waals surface area (Å²) in [6, 6.07) is -0.464. The van der Waals surface area contributed by atoms with Crippen molar-refractivity contribution in [1.82, 2.24) is 10.2 Å². The summed E-state index contributed by atoms with van der Waals surface area (Å²) in [5, 5.41) is 11.8. The van der Waals surface area contributed by atoms with E-state index >= 15 is 0 Å². The Morgan fingerprint density at radius 1 is 1.25 bits per heavy atom. The van der Waals surface area contributed by atoms with E-state index in [1.165, 1.54) is 0 Å². The molecular formula is C12H26N2O2. The second-order valence-electron chi connectivity index (χ2n) is 4.21. The predicted molar refractivity (Wildman–Crippen MR) is 66.7 cm³/mol. The molecule has 0 spiro atoms. The Labute approximate surface area is 99.0 Å². The first-order valence-electron chi connectivity index (χ1n) is 6.21. The molecule has 0 aliphatic carbocycles. The van der Waals surface area contributed by atoms with Gasteiger partial charge in [0.05, 0.1) is 0 Å². The van der Waals surface area contributed by atoms with Crippen LogP contribution in [0, 0.1) is 5.92 Å². The number of aliphatic carboxylic acids is 1. The lowest BCUT2D eigenvalue weighted by Crippen LogP contribution is -2.45. The molecule has 0 aromatic rings. The first kappa shape index (κ1) is 15.4. The third-order valence-corrected chi connectivity index (χ3v) is 3.21. The van der Waals surface area contributed by atoms with Gasteiger partial charge in [-0.25, -0.2) is 0 Å². The summed E-state index contributed by atoms with van der Waals surface area (Å²) >= 11 is 0. The van der Waals surface area contributed by atoms with Gasteiger partial charge in [-0.3, -0.25) is 4.79 Å². The minimum absolute atomic E-state index is 0.464. The maximum absolute atomic E-state index is 10.9. The Hall–Kier alpha value is -0.610. The van der Waals surface area contributed by atoms with Crippen LogP contribution < -0.4 is 5.32 Å². The molecule has 0 saturated carbocycles. The van der Waals surface area contributed by atoms with E-state index in [-0.39, 0.29) is 0 Å². The van der Waals surface area contributed by atoms with Gasteiger partial charge in [0, 0.05) is 13.1 Å². The molecular weight excluding hydrogens is 204 g/mol. The molecule has 0 heterocycles. The SMILES string of the molecule is CCC(CC)CN(CC)CC(NC)C(=O)O. The fourth-order valence-corrected chi connectivity index (χ4v) is 1.80. The molecule has 0 amide bonds. The van der Waals surface area contributed by atoms with E-state index in [2.05, 4.69) is 31.0 Å². The second kappa shape index (κ2) is 8.53. The highest BCUT2D eigenvalue weighted by molar-refractivity contribution is 5.73. The zero-order valence-electron chi connectivity index (χ0n) is 11.0. The van der Waals surface area contributed by atoms with Crippen molar-refractivity contribution in [3.63, 3.8) is 0 Å². The van der Waals surface area contributed by atoms with Crippen LogP contribution >= 0.6 is 0 Å². The first-order chi connectivity index (χ1) is 7.58. The van der Waals surface area contributed by atoms with Crippen molar-refractivity contribution in [3.05, 3.63) is 0 Å². The lowest BCUT2D eigenvalue weighted by atomic mass is 10.0. The number of rotatable bonds is 9. The van der Waals surface area contributed by atoms with Gasteiger partial charge in [-0.15, -0.1) is 0 Å². The van der Waals surface area contributed by atoms with Gasteiger partial charge in [-0.1, -0.05) is 33.6 Å². The maximum Gasteiger partial charge on any atom is 0.322 e. The monoisotopic (exact) mass is 230 g/mol. The summed E-state index contributed by atoms with van der Waals surface area (Å²) in [6.07, 6.45) is 2.31. The number of nitrogens with one attached hydrogen (secondary N) is 1. The Morgan fingerprint density at radius 2 is 1.81 bits per heavy atom. The number of hydrogen-bond donors (Lipinski definition) is 2. The van der Waals surface area contributed by atoms with Crippen LogP contribution in [0.4, 0.5) is 0 Å². The van der Waals surface area contributed by atoms with Gasteiger partial charge in [-0.2, -0.15) is 0 Å². The van der Waals surface area contributed by atoms with Crippen molar-refractivity contribution in [2.75, 3.05) is 26.7 Å². The van der Waals surface area contributed by atoms with Crippen molar-refractivity contribution >= 4 is 5.97 Å². The van der Waals surface area contributed by atoms with Crippen LogP contribution in [-0.2, 0) is 4.79 Å². The highest BCUT2D eigenvalue weighted by atomic mass is 16.4. The van der Waals surface area contributed by atoms with E-state index in [1.807, 2.05) is 0 Å². The van der Waals surface area contributed by atoms with Crippen molar-refractivity contribution in [2.24, 2.45) is 5.92 Å². The van der Waals surface area contributed by atoms with E-state index in [0.717, 1.165) is 25.9 Å². The van der Waals surface area contributed by atoms with Crippen LogP contribution in [0.3, 0.4) is 0 Å². The maximum atomic E-state index is 10.9. The zero-order chi connectivity index (χ0) is 12.6. The Morgan fingerprint density at radius 3 is 2.12 bits per heavy atom. The quantitative estimate of drug-likeness (QED) is 0.629. The lowest BCUT2D eigenvalue weighted by molar-refractivity contribution is -0.139. The first-order valence-corrected chi connectivity index (χ1v) is 6.21. The molecule has 0 rings (SSSR count). The van der Waals surface area contributed by atoms with Crippen molar-refractivity contribution in [3.8, 4) is 0 Å². The van der Waals surface area contributed by atoms with Gasteiger partial charge in [0.2, 0.25) is 0 Å². The zero-order valence-corrected chi connectivity index (χ0v) is 11.0. The normalized spacial score (nSPS) is 13.4. The van der Waals surface area contributed by atoms with E-state index in [0.29, 0.717) is 12.5 Å². The number of likely N-dealkylation sites (N-methyl/N-ethyl adjacent to an activating group) is 2. The summed E-state index contributed by atoms with van der Waals surface area (Å²) in [6.45, 7) is 8.94. The smallest absolute Gasteiger partial charge is 0.322 e. The van der Waals surface area contributed by atoms with Gasteiger partial charge >= 0.3 is 5.97 Å². The summed E-state index contributed by atoms with van der Waals surface area (Å²) < 4.78 is 0. The predicted octanol–water partition coefficient (Wildman–Crippen LogP) is 1.42. The Kier molecular flexibility index (Phi) is 8.21. The summed E-state index contributed by atoms with van der Waals surface area (Å²) in [7, 11) is 1.70. The van der Waals surface area contributed by atoms with Crippen LogP contribution in [0.5, 0.6) is 0 Å². The molecule has 0 saturated heterocycles. The minimum Gasteiger partial charge on any atom is -0.480 e. The fourth-order valence-electron chi connectivity index (χ4n) is 1.80. The van der Waals surface area contributed by atoms with E-state index in [9.17, 15) is 4.79 Å². The molecule has 0 aliphatic rings. The topological polar surface area (TPSA) is 52.6 Å². The van der Waals surface area contributed by atoms with Crippen LogP contribution in [0.15, 0.2) is 0 Å². The molecule has 0 aromatic heterocycles. The van der Waals surface area contributed by atoms with Gasteiger partial charge in [0.15, 0.2) is 0 Å². The number of hydrogen-bond acceptors (Lipinski definition) is 3. The highest BCUT2D eigenvalue weighted by Crippen LogP contribution is 2.10. The number of carboxylic acids is 1. The molecule has 2 N–H and O–H groups in total. The molecule has 0 fully saturated rings. The van der Waals surface area contributed by atoms with Gasteiger partial charge < -0.3 is 15.3 Å². The molecule has 16 heavy (non-hydrogen) atoms. The Bertz CT molecular complexity index is 193. The van der Waals surface area contributed by atoms with Crippen molar-refractivity contribution in [1.29, 1.82) is 0 Å². The van der Waals surface area contributed by atoms with E-state index in [1.54, 1.807) is 7.05 Å². The highest BCUT2D eigenvalue weighted by Gasteiger charge is 2.19. The van der Waals surface area contributed by atoms with Gasteiger partial charge in [0.25, 0.3) is 0 Å². The molecule has 0 radical (unpaired) electrons. The van der Waals surface area contributed by atoms with Crippen molar-refractivity contribution < 1.29 is 9.90 Å². The summed E-state index contributed by atoms with van der Waals surface area (Å²) in [5.74, 6) is -0.100. The van der Waals surface area contributed by atoms with E-state index < -0.39 is 12.0 Å². The minimum atomic E-state index is -0.773. The molecule has 4 nitrogen and oxygen atoms in total. The summed E-state index contributed by atoms with van der Waals surface area (Å²) in [4.78, 5) is 13.1. The summed E-state index contributed by atoms with van der Waals surface area (Å²) in [5.41, 5.74) is 0. The van der Waals surface area contributed by atoms with Crippen molar-refractivity contribution in [2.45, 2.75) is 39.7 Å². The molecule has 1 atom stereocenters. The molecule has 0 aromatic carbocycles. The molecule has 0 bridgehead atoms. The second-order valence-corrected chi connectivity index (χ2v) is 4.21. The average molecular weight is 230 g/mol. The molecule has 4 heteroatoms. The van der Waals surface area contributed by atoms with Crippen LogP contribution in [0.2, 0.25) is 0 Å².